The summed E-state index contributed by atoms with van der Waals surface area (Å²) in [6.45, 7) is 0. The van der Waals surface area contributed by atoms with E-state index in [1.807, 2.05) is 18.2 Å². The van der Waals surface area contributed by atoms with Crippen molar-refractivity contribution in [3.8, 4) is 11.5 Å². The van der Waals surface area contributed by atoms with Gasteiger partial charge in [-0.05, 0) is 34.5 Å². The number of benzene rings is 3. The van der Waals surface area contributed by atoms with Gasteiger partial charge in [-0.25, -0.2) is 0 Å². The number of ether oxygens (including phenoxy) is 1. The molecular formula is C20H18N2O2. The van der Waals surface area contributed by atoms with Gasteiger partial charge < -0.3 is 15.3 Å². The van der Waals surface area contributed by atoms with Crippen LogP contribution in [0.3, 0.4) is 0 Å². The number of nitrogens with one attached hydrogen (secondary N) is 1. The number of fused-ring (bicyclic) bond motifs is 1. The molecule has 3 aromatic rings. The standard InChI is InChI=1S/C20H18N2O2/c1-24-19-8-4-7-18(23)20(19)17-12-16(21-22-17)15-10-9-13-5-2-3-6-14(13)11-15/h2-11,16,21,23H,12H2,1H3/t16-/m1/s1. The molecule has 0 fully saturated rings. The molecule has 3 aromatic carbocycles. The molecule has 0 aliphatic carbocycles. The van der Waals surface area contributed by atoms with Crippen LogP contribution in [-0.4, -0.2) is 17.9 Å². The maximum Gasteiger partial charge on any atom is 0.131 e. The predicted molar refractivity (Wildman–Crippen MR) is 95.6 cm³/mol. The molecule has 0 radical (unpaired) electrons. The first-order chi connectivity index (χ1) is 11.8. The Bertz CT molecular complexity index is 934. The molecule has 0 amide bonds. The molecule has 0 unspecified atom stereocenters. The summed E-state index contributed by atoms with van der Waals surface area (Å²) in [5.41, 5.74) is 5.84. The van der Waals surface area contributed by atoms with Crippen LogP contribution >= 0.6 is 0 Å². The van der Waals surface area contributed by atoms with Crippen molar-refractivity contribution in [2.24, 2.45) is 5.10 Å². The van der Waals surface area contributed by atoms with E-state index in [2.05, 4.69) is 40.9 Å². The Kier molecular flexibility index (Phi) is 3.58. The fourth-order valence-corrected chi connectivity index (χ4v) is 3.20. The van der Waals surface area contributed by atoms with Crippen LogP contribution in [0.5, 0.6) is 11.5 Å². The number of phenols is 1. The number of methoxy groups -OCH3 is 1. The molecule has 0 saturated heterocycles. The van der Waals surface area contributed by atoms with E-state index < -0.39 is 0 Å². The van der Waals surface area contributed by atoms with Crippen LogP contribution in [0, 0.1) is 0 Å². The Hall–Kier alpha value is -3.01. The maximum absolute atomic E-state index is 10.2. The van der Waals surface area contributed by atoms with Gasteiger partial charge >= 0.3 is 0 Å². The lowest BCUT2D eigenvalue weighted by Crippen LogP contribution is -2.10. The number of hydrogen-bond donors (Lipinski definition) is 2. The van der Waals surface area contributed by atoms with Crippen molar-refractivity contribution in [2.75, 3.05) is 7.11 Å². The van der Waals surface area contributed by atoms with Crippen molar-refractivity contribution in [3.63, 3.8) is 0 Å². The molecule has 4 heteroatoms. The van der Waals surface area contributed by atoms with Crippen molar-refractivity contribution in [1.29, 1.82) is 0 Å². The molecule has 1 heterocycles. The SMILES string of the molecule is COc1cccc(O)c1C1=NN[C@@H](c2ccc3ccccc3c2)C1. The minimum Gasteiger partial charge on any atom is -0.507 e. The zero-order chi connectivity index (χ0) is 16.5. The van der Waals surface area contributed by atoms with E-state index >= 15 is 0 Å². The van der Waals surface area contributed by atoms with E-state index in [0.29, 0.717) is 17.7 Å². The first kappa shape index (κ1) is 14.6. The van der Waals surface area contributed by atoms with Crippen LogP contribution in [0.25, 0.3) is 10.8 Å². The number of hydrogen-bond acceptors (Lipinski definition) is 4. The zero-order valence-electron chi connectivity index (χ0n) is 13.4. The molecule has 2 N–H and O–H groups in total. The van der Waals surface area contributed by atoms with Crippen molar-refractivity contribution < 1.29 is 9.84 Å². The highest BCUT2D eigenvalue weighted by Gasteiger charge is 2.25. The average molecular weight is 318 g/mol. The molecule has 120 valence electrons. The van der Waals surface area contributed by atoms with Gasteiger partial charge in [-0.2, -0.15) is 5.10 Å². The second-order valence-corrected chi connectivity index (χ2v) is 5.91. The lowest BCUT2D eigenvalue weighted by atomic mass is 9.96. The van der Waals surface area contributed by atoms with Gasteiger partial charge in [0.05, 0.1) is 24.4 Å². The molecule has 0 saturated carbocycles. The van der Waals surface area contributed by atoms with Crippen molar-refractivity contribution >= 4 is 16.5 Å². The molecule has 24 heavy (non-hydrogen) atoms. The highest BCUT2D eigenvalue weighted by molar-refractivity contribution is 6.06. The fraction of sp³-hybridized carbons (Fsp3) is 0.150. The molecule has 4 nitrogen and oxygen atoms in total. The summed E-state index contributed by atoms with van der Waals surface area (Å²) in [5.74, 6) is 0.823. The van der Waals surface area contributed by atoms with Crippen LogP contribution in [0.1, 0.15) is 23.6 Å². The van der Waals surface area contributed by atoms with E-state index in [1.54, 1.807) is 19.2 Å². The van der Waals surface area contributed by atoms with Gasteiger partial charge in [-0.3, -0.25) is 0 Å². The molecule has 1 atom stereocenters. The number of nitrogens with zero attached hydrogens (tertiary/aromatic N) is 1. The average Bonchev–Trinajstić information content (AvgIpc) is 3.10. The fourth-order valence-electron chi connectivity index (χ4n) is 3.20. The Morgan fingerprint density at radius 3 is 2.71 bits per heavy atom. The molecule has 1 aliphatic heterocycles. The second kappa shape index (κ2) is 5.89. The summed E-state index contributed by atoms with van der Waals surface area (Å²) < 4.78 is 5.37. The van der Waals surface area contributed by atoms with E-state index in [1.165, 1.54) is 16.3 Å². The largest absolute Gasteiger partial charge is 0.507 e. The third-order valence-corrected chi connectivity index (χ3v) is 4.44. The van der Waals surface area contributed by atoms with E-state index in [4.69, 9.17) is 4.74 Å². The minimum atomic E-state index is 0.0916. The molecule has 4 rings (SSSR count). The Balaban J connectivity index is 1.64. The first-order valence-electron chi connectivity index (χ1n) is 7.93. The quantitative estimate of drug-likeness (QED) is 0.767. The van der Waals surface area contributed by atoms with E-state index in [-0.39, 0.29) is 11.8 Å². The Labute approximate surface area is 140 Å². The summed E-state index contributed by atoms with van der Waals surface area (Å²) in [6, 6.07) is 20.1. The maximum atomic E-state index is 10.2. The summed E-state index contributed by atoms with van der Waals surface area (Å²) in [7, 11) is 1.60. The van der Waals surface area contributed by atoms with Crippen molar-refractivity contribution in [3.05, 3.63) is 71.8 Å². The Morgan fingerprint density at radius 1 is 1.04 bits per heavy atom. The third kappa shape index (κ3) is 2.46. The first-order valence-corrected chi connectivity index (χ1v) is 7.93. The third-order valence-electron chi connectivity index (χ3n) is 4.44. The van der Waals surface area contributed by atoms with Crippen LogP contribution in [-0.2, 0) is 0 Å². The topological polar surface area (TPSA) is 53.9 Å². The molecule has 0 spiro atoms. The van der Waals surface area contributed by atoms with Gasteiger partial charge in [-0.15, -0.1) is 0 Å². The highest BCUT2D eigenvalue weighted by atomic mass is 16.5. The lowest BCUT2D eigenvalue weighted by Gasteiger charge is -2.12. The lowest BCUT2D eigenvalue weighted by molar-refractivity contribution is 0.406. The molecule has 1 aliphatic rings. The van der Waals surface area contributed by atoms with Gasteiger partial charge in [-0.1, -0.05) is 42.5 Å². The summed E-state index contributed by atoms with van der Waals surface area (Å²) in [6.07, 6.45) is 0.701. The zero-order valence-corrected chi connectivity index (χ0v) is 13.4. The van der Waals surface area contributed by atoms with Crippen LogP contribution < -0.4 is 10.2 Å². The number of aromatic hydroxyl groups is 1. The summed E-state index contributed by atoms with van der Waals surface area (Å²) in [5, 5.41) is 17.1. The van der Waals surface area contributed by atoms with E-state index in [9.17, 15) is 5.11 Å². The smallest absolute Gasteiger partial charge is 0.131 e. The van der Waals surface area contributed by atoms with Gasteiger partial charge in [0.25, 0.3) is 0 Å². The second-order valence-electron chi connectivity index (χ2n) is 5.91. The number of hydrazone groups is 1. The molecule has 0 aromatic heterocycles. The van der Waals surface area contributed by atoms with E-state index in [0.717, 1.165) is 5.71 Å². The van der Waals surface area contributed by atoms with Crippen molar-refractivity contribution in [2.45, 2.75) is 12.5 Å². The van der Waals surface area contributed by atoms with Crippen LogP contribution in [0.15, 0.2) is 65.8 Å². The summed E-state index contributed by atoms with van der Waals surface area (Å²) in [4.78, 5) is 0. The predicted octanol–water partition coefficient (Wildman–Crippen LogP) is 3.99. The van der Waals surface area contributed by atoms with Gasteiger partial charge in [0.1, 0.15) is 11.5 Å². The van der Waals surface area contributed by atoms with Gasteiger partial charge in [0.15, 0.2) is 0 Å². The van der Waals surface area contributed by atoms with Crippen LogP contribution in [0.2, 0.25) is 0 Å². The highest BCUT2D eigenvalue weighted by Crippen LogP contribution is 2.34. The van der Waals surface area contributed by atoms with Crippen molar-refractivity contribution in [1.82, 2.24) is 5.43 Å². The summed E-state index contributed by atoms with van der Waals surface area (Å²) >= 11 is 0. The number of phenolic OH excluding ortho intramolecular Hbond substituents is 1. The monoisotopic (exact) mass is 318 g/mol. The normalized spacial score (nSPS) is 16.7. The Morgan fingerprint density at radius 2 is 1.88 bits per heavy atom. The minimum absolute atomic E-state index is 0.0916. The molecule has 0 bridgehead atoms. The van der Waals surface area contributed by atoms with Gasteiger partial charge in [0, 0.05) is 6.42 Å². The van der Waals surface area contributed by atoms with Crippen LogP contribution in [0.4, 0.5) is 0 Å². The van der Waals surface area contributed by atoms with Gasteiger partial charge in [0.2, 0.25) is 0 Å². The number of rotatable bonds is 3. The molecular weight excluding hydrogens is 300 g/mol.